The topological polar surface area (TPSA) is 47.6 Å². The van der Waals surface area contributed by atoms with Crippen LogP contribution in [0.3, 0.4) is 0 Å². The summed E-state index contributed by atoms with van der Waals surface area (Å²) in [6, 6.07) is 5.92. The first kappa shape index (κ1) is 13.6. The predicted octanol–water partition coefficient (Wildman–Crippen LogP) is 2.34. The van der Waals surface area contributed by atoms with Crippen LogP contribution in [-0.4, -0.2) is 19.1 Å². The monoisotopic (exact) mass is 261 g/mol. The summed E-state index contributed by atoms with van der Waals surface area (Å²) in [6.45, 7) is 5.30. The summed E-state index contributed by atoms with van der Waals surface area (Å²) in [6.07, 6.45) is 4.17. The first-order valence-electron chi connectivity index (χ1n) is 6.50. The quantitative estimate of drug-likeness (QED) is 0.653. The molecule has 0 atom stereocenters. The van der Waals surface area contributed by atoms with E-state index in [1.807, 2.05) is 32.0 Å². The van der Waals surface area contributed by atoms with Gasteiger partial charge in [-0.05, 0) is 35.3 Å². The van der Waals surface area contributed by atoms with E-state index in [-0.39, 0.29) is 5.91 Å². The molecule has 0 radical (unpaired) electrons. The SMILES string of the molecule is CC(C)CONC(=O)/C=C/c1ccc2c(c1)CCO2. The van der Waals surface area contributed by atoms with E-state index in [1.165, 1.54) is 11.6 Å². The van der Waals surface area contributed by atoms with E-state index >= 15 is 0 Å². The second-order valence-corrected chi connectivity index (χ2v) is 4.97. The van der Waals surface area contributed by atoms with E-state index in [2.05, 4.69) is 5.48 Å². The van der Waals surface area contributed by atoms with Gasteiger partial charge in [0, 0.05) is 12.5 Å². The van der Waals surface area contributed by atoms with Crippen LogP contribution in [0.4, 0.5) is 0 Å². The van der Waals surface area contributed by atoms with Crippen molar-refractivity contribution in [3.05, 3.63) is 35.4 Å². The lowest BCUT2D eigenvalue weighted by Crippen LogP contribution is -2.23. The average molecular weight is 261 g/mol. The van der Waals surface area contributed by atoms with E-state index in [9.17, 15) is 4.79 Å². The van der Waals surface area contributed by atoms with Crippen molar-refractivity contribution in [2.75, 3.05) is 13.2 Å². The second-order valence-electron chi connectivity index (χ2n) is 4.97. The molecule has 1 aliphatic rings. The van der Waals surface area contributed by atoms with Crippen molar-refractivity contribution in [3.8, 4) is 5.75 Å². The molecule has 1 aliphatic heterocycles. The zero-order chi connectivity index (χ0) is 13.7. The van der Waals surface area contributed by atoms with Gasteiger partial charge >= 0.3 is 0 Å². The maximum absolute atomic E-state index is 11.5. The van der Waals surface area contributed by atoms with Gasteiger partial charge in [0.1, 0.15) is 5.75 Å². The molecule has 2 rings (SSSR count). The molecule has 0 bridgehead atoms. The third-order valence-electron chi connectivity index (χ3n) is 2.73. The van der Waals surface area contributed by atoms with Gasteiger partial charge in [-0.25, -0.2) is 5.48 Å². The smallest absolute Gasteiger partial charge is 0.267 e. The van der Waals surface area contributed by atoms with E-state index in [0.717, 1.165) is 24.3 Å². The lowest BCUT2D eigenvalue weighted by atomic mass is 10.1. The van der Waals surface area contributed by atoms with Crippen LogP contribution in [0.2, 0.25) is 0 Å². The number of amides is 1. The second kappa shape index (κ2) is 6.38. The van der Waals surface area contributed by atoms with Crippen molar-refractivity contribution in [2.24, 2.45) is 5.92 Å². The Morgan fingerprint density at radius 1 is 1.53 bits per heavy atom. The van der Waals surface area contributed by atoms with Crippen LogP contribution in [0.25, 0.3) is 6.08 Å². The Morgan fingerprint density at radius 3 is 3.16 bits per heavy atom. The molecule has 0 saturated heterocycles. The summed E-state index contributed by atoms with van der Waals surface area (Å²) in [7, 11) is 0. The number of hydrogen-bond donors (Lipinski definition) is 1. The molecule has 0 aromatic heterocycles. The van der Waals surface area contributed by atoms with E-state index in [1.54, 1.807) is 6.08 Å². The Balaban J connectivity index is 1.86. The first-order valence-corrected chi connectivity index (χ1v) is 6.50. The molecule has 1 heterocycles. The number of ether oxygens (including phenoxy) is 1. The number of hydroxylamine groups is 1. The molecular formula is C15H19NO3. The Morgan fingerprint density at radius 2 is 2.37 bits per heavy atom. The summed E-state index contributed by atoms with van der Waals surface area (Å²) in [5.74, 6) is 1.08. The number of carbonyl (C=O) groups excluding carboxylic acids is 1. The molecule has 0 aliphatic carbocycles. The minimum absolute atomic E-state index is 0.252. The zero-order valence-corrected chi connectivity index (χ0v) is 11.3. The fourth-order valence-corrected chi connectivity index (χ4v) is 1.80. The van der Waals surface area contributed by atoms with Crippen molar-refractivity contribution in [3.63, 3.8) is 0 Å². The number of rotatable bonds is 5. The summed E-state index contributed by atoms with van der Waals surface area (Å²) < 4.78 is 5.43. The van der Waals surface area contributed by atoms with Gasteiger partial charge in [-0.3, -0.25) is 9.63 Å². The zero-order valence-electron chi connectivity index (χ0n) is 11.3. The van der Waals surface area contributed by atoms with Crippen LogP contribution in [0, 0.1) is 5.92 Å². The maximum atomic E-state index is 11.5. The normalized spacial score (nSPS) is 13.6. The molecule has 102 valence electrons. The first-order chi connectivity index (χ1) is 9.15. The van der Waals surface area contributed by atoms with Gasteiger partial charge in [0.2, 0.25) is 0 Å². The van der Waals surface area contributed by atoms with Crippen LogP contribution < -0.4 is 10.2 Å². The van der Waals surface area contributed by atoms with Crippen molar-refractivity contribution < 1.29 is 14.4 Å². The molecular weight excluding hydrogens is 242 g/mol. The largest absolute Gasteiger partial charge is 0.493 e. The van der Waals surface area contributed by atoms with Gasteiger partial charge in [0.05, 0.1) is 13.2 Å². The molecule has 0 spiro atoms. The molecule has 1 N–H and O–H groups in total. The molecule has 1 amide bonds. The fourth-order valence-electron chi connectivity index (χ4n) is 1.80. The highest BCUT2D eigenvalue weighted by Gasteiger charge is 2.11. The van der Waals surface area contributed by atoms with Crippen LogP contribution in [-0.2, 0) is 16.1 Å². The fraction of sp³-hybridized carbons (Fsp3) is 0.400. The summed E-state index contributed by atoms with van der Waals surface area (Å²) in [5, 5.41) is 0. The van der Waals surface area contributed by atoms with Crippen molar-refractivity contribution in [2.45, 2.75) is 20.3 Å². The van der Waals surface area contributed by atoms with Gasteiger partial charge < -0.3 is 4.74 Å². The van der Waals surface area contributed by atoms with Crippen LogP contribution >= 0.6 is 0 Å². The van der Waals surface area contributed by atoms with Gasteiger partial charge in [0.15, 0.2) is 0 Å². The molecule has 4 nitrogen and oxygen atoms in total. The molecule has 1 aromatic carbocycles. The highest BCUT2D eigenvalue weighted by atomic mass is 16.6. The van der Waals surface area contributed by atoms with E-state index in [0.29, 0.717) is 12.5 Å². The summed E-state index contributed by atoms with van der Waals surface area (Å²) >= 11 is 0. The third-order valence-corrected chi connectivity index (χ3v) is 2.73. The van der Waals surface area contributed by atoms with Crippen molar-refractivity contribution in [1.29, 1.82) is 0 Å². The average Bonchev–Trinajstić information content (AvgIpc) is 2.83. The maximum Gasteiger partial charge on any atom is 0.267 e. The minimum Gasteiger partial charge on any atom is -0.493 e. The number of carbonyl (C=O) groups is 1. The predicted molar refractivity (Wildman–Crippen MR) is 73.6 cm³/mol. The van der Waals surface area contributed by atoms with Crippen LogP contribution in [0.5, 0.6) is 5.75 Å². The molecule has 0 fully saturated rings. The van der Waals surface area contributed by atoms with E-state index < -0.39 is 0 Å². The molecule has 1 aromatic rings. The standard InChI is InChI=1S/C15H19NO3/c1-11(2)10-19-16-15(17)6-4-12-3-5-14-13(9-12)7-8-18-14/h3-6,9,11H,7-8,10H2,1-2H3,(H,16,17)/b6-4+. The Hall–Kier alpha value is -1.81. The van der Waals surface area contributed by atoms with Crippen molar-refractivity contribution in [1.82, 2.24) is 5.48 Å². The minimum atomic E-state index is -0.252. The number of hydrogen-bond acceptors (Lipinski definition) is 3. The van der Waals surface area contributed by atoms with Gasteiger partial charge in [0.25, 0.3) is 5.91 Å². The van der Waals surface area contributed by atoms with Gasteiger partial charge in [-0.1, -0.05) is 19.9 Å². The summed E-state index contributed by atoms with van der Waals surface area (Å²) in [5.41, 5.74) is 4.57. The van der Waals surface area contributed by atoms with Crippen LogP contribution in [0.1, 0.15) is 25.0 Å². The molecule has 4 heteroatoms. The number of benzene rings is 1. The summed E-state index contributed by atoms with van der Waals surface area (Å²) in [4.78, 5) is 16.5. The van der Waals surface area contributed by atoms with Crippen LogP contribution in [0.15, 0.2) is 24.3 Å². The lowest BCUT2D eigenvalue weighted by molar-refractivity contribution is -0.129. The highest BCUT2D eigenvalue weighted by molar-refractivity contribution is 5.91. The highest BCUT2D eigenvalue weighted by Crippen LogP contribution is 2.26. The molecule has 19 heavy (non-hydrogen) atoms. The molecule has 0 saturated carbocycles. The lowest BCUT2D eigenvalue weighted by Gasteiger charge is -2.05. The number of fused-ring (bicyclic) bond motifs is 1. The van der Waals surface area contributed by atoms with Gasteiger partial charge in [-0.2, -0.15) is 0 Å². The van der Waals surface area contributed by atoms with Gasteiger partial charge in [-0.15, -0.1) is 0 Å². The van der Waals surface area contributed by atoms with Crippen molar-refractivity contribution >= 4 is 12.0 Å². The van der Waals surface area contributed by atoms with E-state index in [4.69, 9.17) is 9.57 Å². The third kappa shape index (κ3) is 4.10. The molecule has 0 unspecified atom stereocenters. The number of nitrogens with one attached hydrogen (secondary N) is 1. The Kier molecular flexibility index (Phi) is 4.58. The Bertz CT molecular complexity index is 480. The Labute approximate surface area is 113 Å².